The Kier molecular flexibility index (Phi) is 3.39. The molecular formula is C14H15FN2O. The molecule has 4 heteroatoms. The minimum absolute atomic E-state index is 0.417. The van der Waals surface area contributed by atoms with Crippen LogP contribution in [0.4, 0.5) is 4.39 Å². The van der Waals surface area contributed by atoms with E-state index >= 15 is 0 Å². The summed E-state index contributed by atoms with van der Waals surface area (Å²) in [6, 6.07) is 4.64. The highest BCUT2D eigenvalue weighted by molar-refractivity contribution is 5.35. The molecule has 0 aliphatic carbocycles. The summed E-state index contributed by atoms with van der Waals surface area (Å²) in [4.78, 5) is 8.03. The molecule has 0 saturated heterocycles. The Morgan fingerprint density at radius 2 is 2.06 bits per heavy atom. The van der Waals surface area contributed by atoms with Crippen LogP contribution in [0, 0.1) is 12.7 Å². The van der Waals surface area contributed by atoms with Gasteiger partial charge in [-0.1, -0.05) is 6.92 Å². The summed E-state index contributed by atoms with van der Waals surface area (Å²) in [5, 5.41) is 10.8. The first kappa shape index (κ1) is 12.6. The molecule has 2 heterocycles. The SMILES string of the molecule is CCC(O)(c1ccc(F)cn1)c1cnccc1C. The molecule has 0 aromatic carbocycles. The molecule has 2 aromatic rings. The van der Waals surface area contributed by atoms with E-state index in [9.17, 15) is 9.50 Å². The molecule has 0 bridgehead atoms. The second-order valence-corrected chi connectivity index (χ2v) is 4.27. The highest BCUT2D eigenvalue weighted by Gasteiger charge is 2.32. The molecule has 0 spiro atoms. The standard InChI is InChI=1S/C14H15FN2O/c1-3-14(18,12-9-16-7-6-10(12)2)13-5-4-11(15)8-17-13/h4-9,18H,3H2,1-2H3. The predicted molar refractivity (Wildman–Crippen MR) is 66.5 cm³/mol. The van der Waals surface area contributed by atoms with Gasteiger partial charge in [0.2, 0.25) is 0 Å². The van der Waals surface area contributed by atoms with Crippen LogP contribution in [0.2, 0.25) is 0 Å². The average Bonchev–Trinajstić information content (AvgIpc) is 2.39. The fourth-order valence-corrected chi connectivity index (χ4v) is 2.03. The van der Waals surface area contributed by atoms with E-state index in [0.717, 1.165) is 11.8 Å². The molecule has 94 valence electrons. The van der Waals surface area contributed by atoms with E-state index in [1.54, 1.807) is 12.4 Å². The Bertz CT molecular complexity index is 542. The highest BCUT2D eigenvalue weighted by atomic mass is 19.1. The van der Waals surface area contributed by atoms with Crippen molar-refractivity contribution < 1.29 is 9.50 Å². The maximum Gasteiger partial charge on any atom is 0.141 e. The van der Waals surface area contributed by atoms with Crippen LogP contribution >= 0.6 is 0 Å². The van der Waals surface area contributed by atoms with Crippen molar-refractivity contribution in [2.24, 2.45) is 0 Å². The zero-order valence-electron chi connectivity index (χ0n) is 10.4. The van der Waals surface area contributed by atoms with E-state index in [0.29, 0.717) is 17.7 Å². The van der Waals surface area contributed by atoms with Crippen molar-refractivity contribution in [2.45, 2.75) is 25.9 Å². The summed E-state index contributed by atoms with van der Waals surface area (Å²) in [5.74, 6) is -0.417. The molecule has 2 rings (SSSR count). The fourth-order valence-electron chi connectivity index (χ4n) is 2.03. The minimum Gasteiger partial charge on any atom is -0.379 e. The Morgan fingerprint density at radius 1 is 1.28 bits per heavy atom. The predicted octanol–water partition coefficient (Wildman–Crippen LogP) is 2.57. The van der Waals surface area contributed by atoms with Crippen LogP contribution in [0.5, 0.6) is 0 Å². The number of pyridine rings is 2. The molecule has 1 atom stereocenters. The van der Waals surface area contributed by atoms with Crippen LogP contribution in [0.25, 0.3) is 0 Å². The maximum atomic E-state index is 12.9. The Hall–Kier alpha value is -1.81. The summed E-state index contributed by atoms with van der Waals surface area (Å²) in [6.45, 7) is 3.76. The average molecular weight is 246 g/mol. The topological polar surface area (TPSA) is 46.0 Å². The van der Waals surface area contributed by atoms with Crippen LogP contribution in [-0.4, -0.2) is 15.1 Å². The van der Waals surface area contributed by atoms with Gasteiger partial charge in [-0.2, -0.15) is 0 Å². The second-order valence-electron chi connectivity index (χ2n) is 4.27. The Morgan fingerprint density at radius 3 is 2.61 bits per heavy atom. The molecule has 3 nitrogen and oxygen atoms in total. The molecule has 2 aromatic heterocycles. The third-order valence-corrected chi connectivity index (χ3v) is 3.15. The van der Waals surface area contributed by atoms with Crippen LogP contribution in [0.3, 0.4) is 0 Å². The maximum absolute atomic E-state index is 12.9. The van der Waals surface area contributed by atoms with Gasteiger partial charge in [-0.25, -0.2) is 4.39 Å². The van der Waals surface area contributed by atoms with Crippen molar-refractivity contribution in [1.82, 2.24) is 9.97 Å². The number of hydrogen-bond acceptors (Lipinski definition) is 3. The van der Waals surface area contributed by atoms with E-state index in [1.165, 1.54) is 12.1 Å². The van der Waals surface area contributed by atoms with Crippen molar-refractivity contribution >= 4 is 0 Å². The molecule has 1 N–H and O–H groups in total. The number of rotatable bonds is 3. The van der Waals surface area contributed by atoms with Gasteiger partial charge in [0, 0.05) is 18.0 Å². The summed E-state index contributed by atoms with van der Waals surface area (Å²) in [6.07, 6.45) is 4.86. The lowest BCUT2D eigenvalue weighted by molar-refractivity contribution is 0.0707. The number of aliphatic hydroxyl groups is 1. The van der Waals surface area contributed by atoms with Crippen molar-refractivity contribution in [1.29, 1.82) is 0 Å². The number of halogens is 1. The van der Waals surface area contributed by atoms with Crippen molar-refractivity contribution in [2.75, 3.05) is 0 Å². The van der Waals surface area contributed by atoms with E-state index in [2.05, 4.69) is 9.97 Å². The molecule has 1 unspecified atom stereocenters. The van der Waals surface area contributed by atoms with Gasteiger partial charge < -0.3 is 5.11 Å². The largest absolute Gasteiger partial charge is 0.379 e. The van der Waals surface area contributed by atoms with Crippen LogP contribution in [0.1, 0.15) is 30.2 Å². The third-order valence-electron chi connectivity index (χ3n) is 3.15. The normalized spacial score (nSPS) is 14.2. The lowest BCUT2D eigenvalue weighted by Crippen LogP contribution is -2.28. The number of aromatic nitrogens is 2. The molecule has 0 fully saturated rings. The van der Waals surface area contributed by atoms with E-state index in [-0.39, 0.29) is 0 Å². The number of nitrogens with zero attached hydrogens (tertiary/aromatic N) is 2. The van der Waals surface area contributed by atoms with E-state index in [4.69, 9.17) is 0 Å². The first-order valence-corrected chi connectivity index (χ1v) is 5.83. The zero-order valence-corrected chi connectivity index (χ0v) is 10.4. The van der Waals surface area contributed by atoms with E-state index < -0.39 is 11.4 Å². The molecule has 0 amide bonds. The Balaban J connectivity index is 2.55. The zero-order chi connectivity index (χ0) is 13.2. The summed E-state index contributed by atoms with van der Waals surface area (Å²) < 4.78 is 12.9. The summed E-state index contributed by atoms with van der Waals surface area (Å²) in [5.41, 5.74) is 0.834. The fraction of sp³-hybridized carbons (Fsp3) is 0.286. The molecule has 0 aliphatic heterocycles. The van der Waals surface area contributed by atoms with Gasteiger partial charge in [0.05, 0.1) is 11.9 Å². The van der Waals surface area contributed by atoms with E-state index in [1.807, 2.05) is 19.9 Å². The van der Waals surface area contributed by atoms with Gasteiger partial charge in [0.1, 0.15) is 11.4 Å². The second kappa shape index (κ2) is 4.82. The smallest absolute Gasteiger partial charge is 0.141 e. The Labute approximate surface area is 105 Å². The monoisotopic (exact) mass is 246 g/mol. The van der Waals surface area contributed by atoms with Crippen LogP contribution in [0.15, 0.2) is 36.8 Å². The summed E-state index contributed by atoms with van der Waals surface area (Å²) >= 11 is 0. The molecular weight excluding hydrogens is 231 g/mol. The van der Waals surface area contributed by atoms with Gasteiger partial charge in [0.25, 0.3) is 0 Å². The molecule has 0 aliphatic rings. The van der Waals surface area contributed by atoms with Gasteiger partial charge in [-0.15, -0.1) is 0 Å². The van der Waals surface area contributed by atoms with Crippen LogP contribution < -0.4 is 0 Å². The van der Waals surface area contributed by atoms with Gasteiger partial charge >= 0.3 is 0 Å². The number of aryl methyl sites for hydroxylation is 1. The third kappa shape index (κ3) is 2.11. The first-order chi connectivity index (χ1) is 8.58. The quantitative estimate of drug-likeness (QED) is 0.905. The van der Waals surface area contributed by atoms with Gasteiger partial charge in [-0.05, 0) is 37.1 Å². The van der Waals surface area contributed by atoms with Gasteiger partial charge in [0.15, 0.2) is 0 Å². The molecule has 0 radical (unpaired) electrons. The first-order valence-electron chi connectivity index (χ1n) is 5.83. The lowest BCUT2D eigenvalue weighted by Gasteiger charge is -2.27. The van der Waals surface area contributed by atoms with Crippen LogP contribution in [-0.2, 0) is 5.60 Å². The number of hydrogen-bond donors (Lipinski definition) is 1. The molecule has 0 saturated carbocycles. The summed E-state index contributed by atoms with van der Waals surface area (Å²) in [7, 11) is 0. The lowest BCUT2D eigenvalue weighted by atomic mass is 9.86. The van der Waals surface area contributed by atoms with Gasteiger partial charge in [-0.3, -0.25) is 9.97 Å². The van der Waals surface area contributed by atoms with Crippen molar-refractivity contribution in [3.8, 4) is 0 Å². The highest BCUT2D eigenvalue weighted by Crippen LogP contribution is 2.32. The van der Waals surface area contributed by atoms with Crippen molar-refractivity contribution in [3.05, 3.63) is 59.4 Å². The minimum atomic E-state index is -1.23. The molecule has 18 heavy (non-hydrogen) atoms. The van der Waals surface area contributed by atoms with Crippen molar-refractivity contribution in [3.63, 3.8) is 0 Å².